The molecule has 1 unspecified atom stereocenters. The first-order chi connectivity index (χ1) is 8.83. The number of hydrogen-bond acceptors (Lipinski definition) is 5. The first-order valence-electron chi connectivity index (χ1n) is 6.88. The van der Waals surface area contributed by atoms with Crippen LogP contribution in [0.2, 0.25) is 0 Å². The second-order valence-corrected chi connectivity index (χ2v) is 5.23. The Morgan fingerprint density at radius 1 is 1.11 bits per heavy atom. The van der Waals surface area contributed by atoms with Crippen molar-refractivity contribution < 1.29 is 0 Å². The topological polar surface area (TPSA) is 44.3 Å². The summed E-state index contributed by atoms with van der Waals surface area (Å²) in [4.78, 5) is 13.5. The zero-order valence-corrected chi connectivity index (χ0v) is 11.0. The second kappa shape index (κ2) is 5.10. The minimum absolute atomic E-state index is 0.531. The average molecular weight is 247 g/mol. The molecule has 0 aliphatic carbocycles. The highest BCUT2D eigenvalue weighted by atomic mass is 15.3. The maximum absolute atomic E-state index is 4.43. The molecule has 0 aromatic carbocycles. The van der Waals surface area contributed by atoms with Crippen molar-refractivity contribution in [2.45, 2.75) is 25.8 Å². The molecule has 5 heteroatoms. The van der Waals surface area contributed by atoms with Gasteiger partial charge in [0.25, 0.3) is 0 Å². The van der Waals surface area contributed by atoms with E-state index in [9.17, 15) is 0 Å². The first-order valence-corrected chi connectivity index (χ1v) is 6.88. The zero-order chi connectivity index (χ0) is 12.4. The lowest BCUT2D eigenvalue weighted by Crippen LogP contribution is -2.49. The molecule has 0 spiro atoms. The van der Waals surface area contributed by atoms with Gasteiger partial charge in [-0.1, -0.05) is 0 Å². The quantitative estimate of drug-likeness (QED) is 0.840. The fraction of sp³-hybridized carbons (Fsp3) is 0.692. The van der Waals surface area contributed by atoms with E-state index in [1.54, 1.807) is 6.33 Å². The number of piperazine rings is 1. The molecule has 1 aromatic rings. The van der Waals surface area contributed by atoms with Gasteiger partial charge in [-0.25, -0.2) is 9.97 Å². The Balaban J connectivity index is 1.77. The van der Waals surface area contributed by atoms with Crippen LogP contribution in [0.3, 0.4) is 0 Å². The van der Waals surface area contributed by atoms with E-state index in [-0.39, 0.29) is 0 Å². The van der Waals surface area contributed by atoms with E-state index in [0.717, 1.165) is 44.4 Å². The molecule has 3 rings (SSSR count). The van der Waals surface area contributed by atoms with Crippen LogP contribution in [0, 0.1) is 0 Å². The standard InChI is InChI=1S/C13H21N5/c1-11-9-18(7-4-14-11)13-8-12(15-10-16-13)17-5-2-3-6-17/h8,10-11,14H,2-7,9H2,1H3. The summed E-state index contributed by atoms with van der Waals surface area (Å²) in [6.07, 6.45) is 4.27. The molecule has 1 aromatic heterocycles. The molecule has 18 heavy (non-hydrogen) atoms. The summed E-state index contributed by atoms with van der Waals surface area (Å²) >= 11 is 0. The molecule has 0 bridgehead atoms. The van der Waals surface area contributed by atoms with Gasteiger partial charge in [0.15, 0.2) is 0 Å². The first kappa shape index (κ1) is 11.7. The summed E-state index contributed by atoms with van der Waals surface area (Å²) in [7, 11) is 0. The minimum atomic E-state index is 0.531. The average Bonchev–Trinajstić information content (AvgIpc) is 2.93. The molecule has 2 aliphatic rings. The Morgan fingerprint density at radius 3 is 2.56 bits per heavy atom. The summed E-state index contributed by atoms with van der Waals surface area (Å²) in [6, 6.07) is 2.67. The smallest absolute Gasteiger partial charge is 0.134 e. The van der Waals surface area contributed by atoms with Gasteiger partial charge < -0.3 is 15.1 Å². The van der Waals surface area contributed by atoms with Gasteiger partial charge in [0.1, 0.15) is 18.0 Å². The van der Waals surface area contributed by atoms with Crippen LogP contribution in [0.1, 0.15) is 19.8 Å². The van der Waals surface area contributed by atoms with Gasteiger partial charge >= 0.3 is 0 Å². The Bertz CT molecular complexity index is 402. The monoisotopic (exact) mass is 247 g/mol. The molecule has 0 saturated carbocycles. The fourth-order valence-corrected chi connectivity index (χ4v) is 2.77. The van der Waals surface area contributed by atoms with Crippen molar-refractivity contribution in [3.8, 4) is 0 Å². The highest BCUT2D eigenvalue weighted by Crippen LogP contribution is 2.21. The van der Waals surface area contributed by atoms with Crippen molar-refractivity contribution in [2.24, 2.45) is 0 Å². The largest absolute Gasteiger partial charge is 0.356 e. The molecular formula is C13H21N5. The van der Waals surface area contributed by atoms with Gasteiger partial charge in [0.2, 0.25) is 0 Å². The molecule has 0 radical (unpaired) electrons. The molecule has 0 amide bonds. The molecule has 3 heterocycles. The van der Waals surface area contributed by atoms with Gasteiger partial charge in [-0.05, 0) is 19.8 Å². The molecule has 2 saturated heterocycles. The Morgan fingerprint density at radius 2 is 1.83 bits per heavy atom. The number of anilines is 2. The number of rotatable bonds is 2. The van der Waals surface area contributed by atoms with Crippen LogP contribution in [0.25, 0.3) is 0 Å². The maximum atomic E-state index is 4.43. The second-order valence-electron chi connectivity index (χ2n) is 5.23. The highest BCUT2D eigenvalue weighted by Gasteiger charge is 2.19. The number of hydrogen-bond donors (Lipinski definition) is 1. The van der Waals surface area contributed by atoms with Gasteiger partial charge in [-0.2, -0.15) is 0 Å². The van der Waals surface area contributed by atoms with Crippen molar-refractivity contribution in [3.05, 3.63) is 12.4 Å². The SMILES string of the molecule is CC1CN(c2cc(N3CCCC3)ncn2)CCN1. The lowest BCUT2D eigenvalue weighted by molar-refractivity contribution is 0.482. The summed E-state index contributed by atoms with van der Waals surface area (Å²) < 4.78 is 0. The molecule has 1 atom stereocenters. The van der Waals surface area contributed by atoms with Crippen LogP contribution >= 0.6 is 0 Å². The predicted molar refractivity (Wildman–Crippen MR) is 73.2 cm³/mol. The van der Waals surface area contributed by atoms with Crippen molar-refractivity contribution in [1.82, 2.24) is 15.3 Å². The Labute approximate surface area is 108 Å². The Kier molecular flexibility index (Phi) is 3.32. The highest BCUT2D eigenvalue weighted by molar-refractivity contribution is 5.50. The number of nitrogens with zero attached hydrogens (tertiary/aromatic N) is 4. The molecule has 1 N–H and O–H groups in total. The van der Waals surface area contributed by atoms with E-state index in [0.29, 0.717) is 6.04 Å². The summed E-state index contributed by atoms with van der Waals surface area (Å²) in [5.41, 5.74) is 0. The molecule has 98 valence electrons. The molecular weight excluding hydrogens is 226 g/mol. The van der Waals surface area contributed by atoms with Crippen LogP contribution in [-0.4, -0.2) is 48.7 Å². The summed E-state index contributed by atoms with van der Waals surface area (Å²) in [6.45, 7) is 7.57. The zero-order valence-electron chi connectivity index (χ0n) is 11.0. The van der Waals surface area contributed by atoms with Crippen LogP contribution in [0.5, 0.6) is 0 Å². The normalized spacial score (nSPS) is 24.6. The van der Waals surface area contributed by atoms with E-state index >= 15 is 0 Å². The Hall–Kier alpha value is -1.36. The van der Waals surface area contributed by atoms with Crippen molar-refractivity contribution in [2.75, 3.05) is 42.5 Å². The van der Waals surface area contributed by atoms with E-state index in [1.165, 1.54) is 12.8 Å². The number of nitrogens with one attached hydrogen (secondary N) is 1. The van der Waals surface area contributed by atoms with Crippen LogP contribution in [0.15, 0.2) is 12.4 Å². The van der Waals surface area contributed by atoms with Gasteiger partial charge in [0, 0.05) is 44.8 Å². The van der Waals surface area contributed by atoms with Gasteiger partial charge in [-0.3, -0.25) is 0 Å². The van der Waals surface area contributed by atoms with Gasteiger partial charge in [-0.15, -0.1) is 0 Å². The fourth-order valence-electron chi connectivity index (χ4n) is 2.77. The predicted octanol–water partition coefficient (Wildman–Crippen LogP) is 0.875. The van der Waals surface area contributed by atoms with E-state index < -0.39 is 0 Å². The van der Waals surface area contributed by atoms with Gasteiger partial charge in [0.05, 0.1) is 0 Å². The van der Waals surface area contributed by atoms with Crippen LogP contribution in [0.4, 0.5) is 11.6 Å². The van der Waals surface area contributed by atoms with Crippen LogP contribution in [-0.2, 0) is 0 Å². The van der Waals surface area contributed by atoms with Crippen molar-refractivity contribution in [1.29, 1.82) is 0 Å². The maximum Gasteiger partial charge on any atom is 0.134 e. The lowest BCUT2D eigenvalue weighted by Gasteiger charge is -2.33. The van der Waals surface area contributed by atoms with Crippen molar-refractivity contribution in [3.63, 3.8) is 0 Å². The van der Waals surface area contributed by atoms with Crippen molar-refractivity contribution >= 4 is 11.6 Å². The summed E-state index contributed by atoms with van der Waals surface area (Å²) in [5.74, 6) is 2.16. The molecule has 5 nitrogen and oxygen atoms in total. The number of aromatic nitrogens is 2. The van der Waals surface area contributed by atoms with Crippen LogP contribution < -0.4 is 15.1 Å². The lowest BCUT2D eigenvalue weighted by atomic mass is 10.2. The third-order valence-electron chi connectivity index (χ3n) is 3.76. The molecule has 2 aliphatic heterocycles. The third-order valence-corrected chi connectivity index (χ3v) is 3.76. The van der Waals surface area contributed by atoms with E-state index in [1.807, 2.05) is 0 Å². The van der Waals surface area contributed by atoms with E-state index in [2.05, 4.69) is 38.1 Å². The van der Waals surface area contributed by atoms with E-state index in [4.69, 9.17) is 0 Å². The summed E-state index contributed by atoms with van der Waals surface area (Å²) in [5, 5.41) is 3.46. The molecule has 2 fully saturated rings. The third kappa shape index (κ3) is 2.41. The minimum Gasteiger partial charge on any atom is -0.356 e.